The summed E-state index contributed by atoms with van der Waals surface area (Å²) in [6, 6.07) is 68.4. The fourth-order valence-corrected chi connectivity index (χ4v) is 12.0. The van der Waals surface area contributed by atoms with E-state index in [1.165, 1.54) is 64.5 Å². The van der Waals surface area contributed by atoms with E-state index in [9.17, 15) is 5.11 Å². The Morgan fingerprint density at radius 1 is 0.333 bits per heavy atom. The summed E-state index contributed by atoms with van der Waals surface area (Å²) < 4.78 is 0. The SMILES string of the molecule is OCc1ccccc1P(c1ccccc1)c1ccc2ccccc2c1-c1c(P(c2ccccc2)c2ccccc2)ccc2ccccc12. The normalized spacial score (nSPS) is 12.0. The molecule has 0 heterocycles. The van der Waals surface area contributed by atoms with Gasteiger partial charge in [0.15, 0.2) is 0 Å². The second kappa shape index (κ2) is 13.7. The summed E-state index contributed by atoms with van der Waals surface area (Å²) in [6.45, 7) is -0.00239. The minimum atomic E-state index is -1.04. The third-order valence-corrected chi connectivity index (χ3v) is 14.1. The van der Waals surface area contributed by atoms with Gasteiger partial charge in [0.1, 0.15) is 0 Å². The molecule has 0 saturated heterocycles. The maximum absolute atomic E-state index is 10.6. The van der Waals surface area contributed by atoms with Crippen LogP contribution in [0.15, 0.2) is 188 Å². The van der Waals surface area contributed by atoms with Crippen molar-refractivity contribution in [1.82, 2.24) is 0 Å². The summed E-state index contributed by atoms with van der Waals surface area (Å²) in [4.78, 5) is 0. The molecule has 8 rings (SSSR count). The zero-order valence-corrected chi connectivity index (χ0v) is 28.2. The first-order valence-electron chi connectivity index (χ1n) is 16.3. The van der Waals surface area contributed by atoms with Gasteiger partial charge in [-0.05, 0) is 85.9 Å². The van der Waals surface area contributed by atoms with Gasteiger partial charge in [0.25, 0.3) is 0 Å². The van der Waals surface area contributed by atoms with E-state index in [2.05, 4.69) is 182 Å². The predicted octanol–water partition coefficient (Wildman–Crippen LogP) is 8.67. The van der Waals surface area contributed by atoms with E-state index >= 15 is 0 Å². The highest BCUT2D eigenvalue weighted by Crippen LogP contribution is 2.46. The van der Waals surface area contributed by atoms with E-state index in [0.29, 0.717) is 0 Å². The first-order valence-corrected chi connectivity index (χ1v) is 19.0. The summed E-state index contributed by atoms with van der Waals surface area (Å²) in [6.07, 6.45) is 0. The number of fused-ring (bicyclic) bond motifs is 2. The van der Waals surface area contributed by atoms with Crippen molar-refractivity contribution in [2.45, 2.75) is 6.61 Å². The highest BCUT2D eigenvalue weighted by atomic mass is 31.1. The summed E-state index contributed by atoms with van der Waals surface area (Å²) >= 11 is 0. The Morgan fingerprint density at radius 2 is 0.729 bits per heavy atom. The fourth-order valence-electron chi connectivity index (χ4n) is 6.85. The molecular formula is C45H34OP2. The van der Waals surface area contributed by atoms with Crippen LogP contribution in [0.3, 0.4) is 0 Å². The van der Waals surface area contributed by atoms with Crippen molar-refractivity contribution in [2.75, 3.05) is 0 Å². The third kappa shape index (κ3) is 5.66. The van der Waals surface area contributed by atoms with E-state index in [1.807, 2.05) is 6.07 Å². The van der Waals surface area contributed by atoms with Crippen molar-refractivity contribution < 1.29 is 5.11 Å². The summed E-state index contributed by atoms with van der Waals surface area (Å²) in [5.41, 5.74) is 3.55. The molecule has 0 aliphatic carbocycles. The summed E-state index contributed by atoms with van der Waals surface area (Å²) in [5, 5.41) is 23.3. The van der Waals surface area contributed by atoms with Crippen LogP contribution in [0, 0.1) is 0 Å². The largest absolute Gasteiger partial charge is 0.392 e. The molecule has 0 spiro atoms. The van der Waals surface area contributed by atoms with Crippen LogP contribution in [0.2, 0.25) is 0 Å². The second-order valence-electron chi connectivity index (χ2n) is 11.8. The average Bonchev–Trinajstić information content (AvgIpc) is 3.16. The molecule has 0 aliphatic rings. The monoisotopic (exact) mass is 652 g/mol. The lowest BCUT2D eigenvalue weighted by molar-refractivity contribution is 0.283. The number of hydrogen-bond donors (Lipinski definition) is 1. The summed E-state index contributed by atoms with van der Waals surface area (Å²) in [5.74, 6) is 0. The molecule has 8 aromatic carbocycles. The number of hydrogen-bond acceptors (Lipinski definition) is 1. The quantitative estimate of drug-likeness (QED) is 0.163. The maximum atomic E-state index is 10.6. The van der Waals surface area contributed by atoms with Crippen LogP contribution in [0.25, 0.3) is 32.7 Å². The van der Waals surface area contributed by atoms with E-state index in [0.717, 1.165) is 5.56 Å². The van der Waals surface area contributed by atoms with Crippen LogP contribution in [0.4, 0.5) is 0 Å². The lowest BCUT2D eigenvalue weighted by Gasteiger charge is -2.29. The Kier molecular flexibility index (Phi) is 8.67. The molecule has 0 aromatic heterocycles. The van der Waals surface area contributed by atoms with Gasteiger partial charge in [-0.3, -0.25) is 0 Å². The molecule has 0 radical (unpaired) electrons. The molecule has 1 nitrogen and oxygen atoms in total. The molecule has 8 aromatic rings. The molecule has 0 saturated carbocycles. The van der Waals surface area contributed by atoms with Crippen molar-refractivity contribution in [1.29, 1.82) is 0 Å². The predicted molar refractivity (Wildman–Crippen MR) is 210 cm³/mol. The number of rotatable bonds is 8. The molecule has 0 bridgehead atoms. The molecule has 3 heteroatoms. The first kappa shape index (κ1) is 30.4. The van der Waals surface area contributed by atoms with Crippen LogP contribution >= 0.6 is 15.8 Å². The van der Waals surface area contributed by atoms with Gasteiger partial charge in [0.2, 0.25) is 0 Å². The Bertz CT molecular complexity index is 2300. The molecule has 0 fully saturated rings. The molecule has 230 valence electrons. The van der Waals surface area contributed by atoms with Crippen LogP contribution in [-0.2, 0) is 6.61 Å². The molecule has 1 N–H and O–H groups in total. The van der Waals surface area contributed by atoms with Crippen molar-refractivity contribution >= 4 is 69.2 Å². The minimum absolute atomic E-state index is 0.00239. The van der Waals surface area contributed by atoms with Crippen LogP contribution < -0.4 is 31.8 Å². The van der Waals surface area contributed by atoms with Crippen molar-refractivity contribution in [3.05, 3.63) is 194 Å². The van der Waals surface area contributed by atoms with Crippen molar-refractivity contribution in [3.63, 3.8) is 0 Å². The van der Waals surface area contributed by atoms with Gasteiger partial charge in [0, 0.05) is 0 Å². The topological polar surface area (TPSA) is 20.2 Å². The highest BCUT2D eigenvalue weighted by Gasteiger charge is 2.28. The minimum Gasteiger partial charge on any atom is -0.392 e. The Labute approximate surface area is 284 Å². The third-order valence-electron chi connectivity index (χ3n) is 8.99. The highest BCUT2D eigenvalue weighted by molar-refractivity contribution is 7.81. The molecule has 1 atom stereocenters. The molecule has 48 heavy (non-hydrogen) atoms. The zero-order valence-electron chi connectivity index (χ0n) is 26.4. The number of benzene rings is 8. The number of aliphatic hydroxyl groups is 1. The Morgan fingerprint density at radius 3 is 1.23 bits per heavy atom. The van der Waals surface area contributed by atoms with Gasteiger partial charge in [-0.25, -0.2) is 0 Å². The second-order valence-corrected chi connectivity index (χ2v) is 16.2. The van der Waals surface area contributed by atoms with Crippen LogP contribution in [0.5, 0.6) is 0 Å². The van der Waals surface area contributed by atoms with E-state index in [1.54, 1.807) is 0 Å². The molecule has 1 unspecified atom stereocenters. The van der Waals surface area contributed by atoms with Gasteiger partial charge in [-0.15, -0.1) is 0 Å². The fraction of sp³-hybridized carbons (Fsp3) is 0.0222. The van der Waals surface area contributed by atoms with Gasteiger partial charge in [0.05, 0.1) is 6.61 Å². The Hall–Kier alpha value is -4.90. The average molecular weight is 653 g/mol. The van der Waals surface area contributed by atoms with Gasteiger partial charge >= 0.3 is 0 Å². The van der Waals surface area contributed by atoms with Gasteiger partial charge < -0.3 is 5.11 Å². The van der Waals surface area contributed by atoms with Crippen LogP contribution in [0.1, 0.15) is 5.56 Å². The van der Waals surface area contributed by atoms with E-state index < -0.39 is 15.8 Å². The lowest BCUT2D eigenvalue weighted by Crippen LogP contribution is -2.27. The maximum Gasteiger partial charge on any atom is 0.0688 e. The van der Waals surface area contributed by atoms with Crippen molar-refractivity contribution in [2.24, 2.45) is 0 Å². The summed E-state index contributed by atoms with van der Waals surface area (Å²) in [7, 11) is -1.94. The van der Waals surface area contributed by atoms with E-state index in [4.69, 9.17) is 0 Å². The van der Waals surface area contributed by atoms with E-state index in [-0.39, 0.29) is 6.61 Å². The van der Waals surface area contributed by atoms with Crippen LogP contribution in [-0.4, -0.2) is 5.11 Å². The Balaban J connectivity index is 1.54. The molecular weight excluding hydrogens is 618 g/mol. The molecule has 0 aliphatic heterocycles. The van der Waals surface area contributed by atoms with Gasteiger partial charge in [-0.1, -0.05) is 188 Å². The standard InChI is InChI=1S/C45H34OP2/c46-32-35-18-12-15-27-41(35)48(38-23-8-3-9-24-38)43-31-29-34-17-11-14-26-40(34)45(43)44-39-25-13-10-16-33(39)28-30-42(44)47(36-19-4-1-5-20-36)37-21-6-2-7-22-37/h1-31,46H,32H2. The van der Waals surface area contributed by atoms with Crippen molar-refractivity contribution in [3.8, 4) is 11.1 Å². The number of aliphatic hydroxyl groups excluding tert-OH is 1. The smallest absolute Gasteiger partial charge is 0.0688 e. The van der Waals surface area contributed by atoms with Gasteiger partial charge in [-0.2, -0.15) is 0 Å². The zero-order chi connectivity index (χ0) is 32.3. The lowest BCUT2D eigenvalue weighted by atomic mass is 9.93. The molecule has 0 amide bonds. The first-order chi connectivity index (χ1) is 23.8.